The first-order valence-electron chi connectivity index (χ1n) is 17.9. The van der Waals surface area contributed by atoms with Crippen molar-refractivity contribution in [2.75, 3.05) is 27.9 Å². The van der Waals surface area contributed by atoms with Gasteiger partial charge in [0.15, 0.2) is 11.5 Å². The number of hydrogen-bond donors (Lipinski definition) is 1. The quantitative estimate of drug-likeness (QED) is 0.238. The SMILES string of the molecule is C=C(C)[C@@H]1CC[C@]2(COC(=O)c3cc(OC)c(OC)c(OC)c3)CC[C@]3(C)[C@H](CC[C@@H]4[C@@]5(C)CC[C@H](O)C(C)(C)[C@@H]5CC[C@]43C)[C@@H]12. The Bertz CT molecular complexity index is 1340. The lowest BCUT2D eigenvalue weighted by Crippen LogP contribution is -2.66. The summed E-state index contributed by atoms with van der Waals surface area (Å²) < 4.78 is 22.8. The standard InChI is InChI=1S/C40H60O6/c1-24(2)26-13-18-40(23-46-35(42)25-21-28(43-8)34(45-10)29(22-25)44-9)20-19-38(6)27(33(26)40)11-12-31-37(5)16-15-32(41)36(3,4)30(37)14-17-39(31,38)7/h21-22,26-27,30-33,41H,1,11-20,23H2,2-10H3/t26-,27+,30-,31+,32-,33+,37-,38+,39+,40+/m0/s1. The minimum Gasteiger partial charge on any atom is -0.493 e. The Hall–Kier alpha value is -2.21. The van der Waals surface area contributed by atoms with Gasteiger partial charge in [0, 0.05) is 5.41 Å². The van der Waals surface area contributed by atoms with Crippen LogP contribution in [0.15, 0.2) is 24.3 Å². The average Bonchev–Trinajstić information content (AvgIpc) is 3.41. The molecule has 5 fully saturated rings. The second kappa shape index (κ2) is 11.4. The molecule has 5 aliphatic rings. The number of carbonyl (C=O) groups is 1. The highest BCUT2D eigenvalue weighted by molar-refractivity contribution is 5.91. The largest absolute Gasteiger partial charge is 0.493 e. The third-order valence-corrected chi connectivity index (χ3v) is 15.6. The molecule has 0 unspecified atom stereocenters. The highest BCUT2D eigenvalue weighted by Crippen LogP contribution is 2.77. The molecule has 0 aliphatic heterocycles. The van der Waals surface area contributed by atoms with Crippen LogP contribution in [0.25, 0.3) is 0 Å². The molecule has 10 atom stereocenters. The van der Waals surface area contributed by atoms with Crippen molar-refractivity contribution in [2.24, 2.45) is 56.7 Å². The molecule has 46 heavy (non-hydrogen) atoms. The smallest absolute Gasteiger partial charge is 0.338 e. The van der Waals surface area contributed by atoms with Gasteiger partial charge in [0.25, 0.3) is 0 Å². The zero-order valence-corrected chi connectivity index (χ0v) is 30.1. The third kappa shape index (κ3) is 4.61. The number of fused-ring (bicyclic) bond motifs is 7. The summed E-state index contributed by atoms with van der Waals surface area (Å²) in [5.41, 5.74) is 2.36. The molecule has 1 aromatic rings. The predicted octanol–water partition coefficient (Wildman–Crippen LogP) is 8.89. The van der Waals surface area contributed by atoms with Crippen molar-refractivity contribution in [3.8, 4) is 17.2 Å². The zero-order valence-electron chi connectivity index (χ0n) is 30.1. The van der Waals surface area contributed by atoms with Crippen LogP contribution in [0.4, 0.5) is 0 Å². The molecule has 0 heterocycles. The number of aliphatic hydroxyl groups is 1. The number of ether oxygens (including phenoxy) is 4. The van der Waals surface area contributed by atoms with Gasteiger partial charge in [0.1, 0.15) is 0 Å². The Morgan fingerprint density at radius 2 is 1.50 bits per heavy atom. The van der Waals surface area contributed by atoms with E-state index in [1.165, 1.54) is 37.7 Å². The molecule has 6 rings (SSSR count). The Kier molecular flexibility index (Phi) is 8.38. The maximum Gasteiger partial charge on any atom is 0.338 e. The Labute approximate surface area is 278 Å². The van der Waals surface area contributed by atoms with Crippen LogP contribution in [0, 0.1) is 56.7 Å². The second-order valence-electron chi connectivity index (χ2n) is 17.4. The van der Waals surface area contributed by atoms with Gasteiger partial charge in [0.2, 0.25) is 5.75 Å². The Balaban J connectivity index is 1.30. The maximum absolute atomic E-state index is 13.6. The summed E-state index contributed by atoms with van der Waals surface area (Å²) >= 11 is 0. The molecule has 1 N–H and O–H groups in total. The highest BCUT2D eigenvalue weighted by Gasteiger charge is 2.71. The van der Waals surface area contributed by atoms with Gasteiger partial charge in [-0.15, -0.1) is 0 Å². The van der Waals surface area contributed by atoms with Gasteiger partial charge in [-0.05, 0) is 135 Å². The molecule has 0 saturated heterocycles. The fraction of sp³-hybridized carbons (Fsp3) is 0.775. The van der Waals surface area contributed by atoms with Crippen LogP contribution >= 0.6 is 0 Å². The Morgan fingerprint density at radius 1 is 0.826 bits per heavy atom. The van der Waals surface area contributed by atoms with Crippen molar-refractivity contribution in [3.63, 3.8) is 0 Å². The number of esters is 1. The van der Waals surface area contributed by atoms with Gasteiger partial charge < -0.3 is 24.1 Å². The fourth-order valence-electron chi connectivity index (χ4n) is 13.0. The molecule has 0 spiro atoms. The normalized spacial score (nSPS) is 42.5. The van der Waals surface area contributed by atoms with E-state index in [1.807, 2.05) is 0 Å². The van der Waals surface area contributed by atoms with Crippen LogP contribution in [0.3, 0.4) is 0 Å². The van der Waals surface area contributed by atoms with Gasteiger partial charge in [-0.1, -0.05) is 46.8 Å². The van der Waals surface area contributed by atoms with Gasteiger partial charge in [-0.3, -0.25) is 0 Å². The van der Waals surface area contributed by atoms with Crippen LogP contribution in [-0.2, 0) is 4.74 Å². The van der Waals surface area contributed by atoms with Crippen LogP contribution < -0.4 is 14.2 Å². The molecular formula is C40H60O6. The molecule has 0 radical (unpaired) electrons. The number of hydrogen-bond acceptors (Lipinski definition) is 6. The highest BCUT2D eigenvalue weighted by atomic mass is 16.5. The van der Waals surface area contributed by atoms with E-state index in [0.717, 1.165) is 32.1 Å². The van der Waals surface area contributed by atoms with E-state index in [2.05, 4.69) is 48.1 Å². The molecule has 5 saturated carbocycles. The van der Waals surface area contributed by atoms with E-state index in [0.29, 0.717) is 59.0 Å². The summed E-state index contributed by atoms with van der Waals surface area (Å²) in [7, 11) is 4.68. The van der Waals surface area contributed by atoms with Gasteiger partial charge in [-0.25, -0.2) is 4.79 Å². The van der Waals surface area contributed by atoms with Gasteiger partial charge in [0.05, 0.1) is 39.6 Å². The summed E-state index contributed by atoms with van der Waals surface area (Å²) in [4.78, 5) is 13.6. The summed E-state index contributed by atoms with van der Waals surface area (Å²) in [5.74, 6) is 3.75. The second-order valence-corrected chi connectivity index (χ2v) is 17.4. The van der Waals surface area contributed by atoms with Crippen molar-refractivity contribution >= 4 is 5.97 Å². The number of methoxy groups -OCH3 is 3. The van der Waals surface area contributed by atoms with E-state index in [9.17, 15) is 9.90 Å². The fourth-order valence-corrected chi connectivity index (χ4v) is 13.0. The summed E-state index contributed by atoms with van der Waals surface area (Å²) in [6, 6.07) is 3.37. The van der Waals surface area contributed by atoms with Crippen LogP contribution in [0.1, 0.15) is 116 Å². The van der Waals surface area contributed by atoms with E-state index < -0.39 is 0 Å². The molecule has 5 aliphatic carbocycles. The summed E-state index contributed by atoms with van der Waals surface area (Å²) in [5, 5.41) is 11.1. The molecule has 0 aromatic heterocycles. The van der Waals surface area contributed by atoms with Crippen molar-refractivity contribution in [1.29, 1.82) is 0 Å². The van der Waals surface area contributed by atoms with Crippen molar-refractivity contribution in [3.05, 3.63) is 29.8 Å². The Morgan fingerprint density at radius 3 is 2.11 bits per heavy atom. The number of allylic oxidation sites excluding steroid dienone is 1. The van der Waals surface area contributed by atoms with E-state index in [4.69, 9.17) is 18.9 Å². The minimum atomic E-state index is -0.344. The van der Waals surface area contributed by atoms with E-state index in [1.54, 1.807) is 33.5 Å². The molecule has 0 bridgehead atoms. The maximum atomic E-state index is 13.6. The molecule has 256 valence electrons. The first kappa shape index (κ1) is 33.7. The molecule has 6 heteroatoms. The third-order valence-electron chi connectivity index (χ3n) is 15.6. The minimum absolute atomic E-state index is 0.0356. The summed E-state index contributed by atoms with van der Waals surface area (Å²) in [6.07, 6.45) is 11.3. The monoisotopic (exact) mass is 636 g/mol. The number of benzene rings is 1. The number of rotatable bonds is 7. The predicted molar refractivity (Wildman–Crippen MR) is 181 cm³/mol. The zero-order chi connectivity index (χ0) is 33.4. The lowest BCUT2D eigenvalue weighted by atomic mass is 9.32. The topological polar surface area (TPSA) is 74.2 Å². The number of aliphatic hydroxyl groups excluding tert-OH is 1. The van der Waals surface area contributed by atoms with Crippen LogP contribution in [0.5, 0.6) is 17.2 Å². The summed E-state index contributed by atoms with van der Waals surface area (Å²) in [6.45, 7) is 19.8. The lowest BCUT2D eigenvalue weighted by molar-refractivity contribution is -0.249. The van der Waals surface area contributed by atoms with Gasteiger partial charge >= 0.3 is 5.97 Å². The first-order valence-corrected chi connectivity index (χ1v) is 17.9. The van der Waals surface area contributed by atoms with Crippen LogP contribution in [-0.4, -0.2) is 45.1 Å². The average molecular weight is 637 g/mol. The lowest BCUT2D eigenvalue weighted by Gasteiger charge is -2.73. The van der Waals surface area contributed by atoms with Crippen molar-refractivity contribution < 1.29 is 28.8 Å². The van der Waals surface area contributed by atoms with Gasteiger partial charge in [-0.2, -0.15) is 0 Å². The van der Waals surface area contributed by atoms with Crippen LogP contribution in [0.2, 0.25) is 0 Å². The molecule has 0 amide bonds. The van der Waals surface area contributed by atoms with E-state index in [-0.39, 0.29) is 39.1 Å². The number of carbonyl (C=O) groups excluding carboxylic acids is 1. The first-order chi connectivity index (χ1) is 21.6. The van der Waals surface area contributed by atoms with Crippen molar-refractivity contribution in [2.45, 2.75) is 112 Å². The van der Waals surface area contributed by atoms with E-state index >= 15 is 0 Å². The van der Waals surface area contributed by atoms with Crippen molar-refractivity contribution in [1.82, 2.24) is 0 Å². The molecule has 6 nitrogen and oxygen atoms in total. The molecule has 1 aromatic carbocycles. The molecular weight excluding hydrogens is 576 g/mol.